The second-order valence-corrected chi connectivity index (χ2v) is 4.55. The number of amides is 1. The van der Waals surface area contributed by atoms with Gasteiger partial charge in [-0.3, -0.25) is 0 Å². The summed E-state index contributed by atoms with van der Waals surface area (Å²) in [5.74, 6) is 5.52. The first-order valence-electron chi connectivity index (χ1n) is 6.93. The zero-order valence-electron chi connectivity index (χ0n) is 12.0. The zero-order valence-corrected chi connectivity index (χ0v) is 12.0. The highest BCUT2D eigenvalue weighted by Gasteiger charge is 2.00. The maximum atomic E-state index is 12.7. The summed E-state index contributed by atoms with van der Waals surface area (Å²) in [5.41, 5.74) is 1.68. The minimum Gasteiger partial charge on any atom is -0.445 e. The van der Waals surface area contributed by atoms with Crippen LogP contribution in [0.25, 0.3) is 0 Å². The summed E-state index contributed by atoms with van der Waals surface area (Å²) in [5, 5.41) is 2.62. The Labute approximate surface area is 129 Å². The van der Waals surface area contributed by atoms with Crippen molar-refractivity contribution >= 4 is 6.09 Å². The second kappa shape index (κ2) is 8.48. The molecule has 2 aromatic rings. The normalized spacial score (nSPS) is 9.50. The van der Waals surface area contributed by atoms with E-state index in [4.69, 9.17) is 4.74 Å². The van der Waals surface area contributed by atoms with Crippen molar-refractivity contribution in [3.63, 3.8) is 0 Å². The number of carbonyl (C=O) groups is 1. The molecule has 0 aliphatic rings. The van der Waals surface area contributed by atoms with Crippen LogP contribution in [0.1, 0.15) is 17.5 Å². The van der Waals surface area contributed by atoms with Crippen LogP contribution in [0.5, 0.6) is 0 Å². The second-order valence-electron chi connectivity index (χ2n) is 4.55. The fourth-order valence-electron chi connectivity index (χ4n) is 1.70. The summed E-state index contributed by atoms with van der Waals surface area (Å²) >= 11 is 0. The Morgan fingerprint density at radius 2 is 1.82 bits per heavy atom. The third kappa shape index (κ3) is 5.68. The zero-order chi connectivity index (χ0) is 15.6. The number of carbonyl (C=O) groups excluding carboxylic acids is 1. The first-order chi connectivity index (χ1) is 10.7. The van der Waals surface area contributed by atoms with Gasteiger partial charge in [0.05, 0.1) is 0 Å². The van der Waals surface area contributed by atoms with Crippen LogP contribution in [0.15, 0.2) is 54.6 Å². The van der Waals surface area contributed by atoms with Crippen molar-refractivity contribution in [3.8, 4) is 11.8 Å². The lowest BCUT2D eigenvalue weighted by molar-refractivity contribution is 0.140. The molecule has 2 aromatic carbocycles. The van der Waals surface area contributed by atoms with Crippen LogP contribution in [0.4, 0.5) is 9.18 Å². The number of halogens is 1. The maximum Gasteiger partial charge on any atom is 0.407 e. The lowest BCUT2D eigenvalue weighted by atomic mass is 10.2. The minimum atomic E-state index is -0.465. The molecule has 0 radical (unpaired) electrons. The maximum absolute atomic E-state index is 12.7. The molecule has 0 aliphatic heterocycles. The van der Waals surface area contributed by atoms with Crippen LogP contribution < -0.4 is 5.32 Å². The van der Waals surface area contributed by atoms with Crippen LogP contribution in [0.3, 0.4) is 0 Å². The molecule has 22 heavy (non-hydrogen) atoms. The van der Waals surface area contributed by atoms with E-state index in [0.717, 1.165) is 11.1 Å². The van der Waals surface area contributed by atoms with E-state index in [1.807, 2.05) is 30.3 Å². The van der Waals surface area contributed by atoms with Crippen molar-refractivity contribution in [1.29, 1.82) is 0 Å². The summed E-state index contributed by atoms with van der Waals surface area (Å²) in [6.45, 7) is 0.649. The van der Waals surface area contributed by atoms with Crippen LogP contribution in [0.2, 0.25) is 0 Å². The van der Waals surface area contributed by atoms with Crippen LogP contribution in [-0.2, 0) is 11.3 Å². The molecule has 1 N–H and O–H groups in total. The highest BCUT2D eigenvalue weighted by Crippen LogP contribution is 2.01. The average Bonchev–Trinajstić information content (AvgIpc) is 2.55. The molecule has 2 rings (SSSR count). The van der Waals surface area contributed by atoms with Crippen molar-refractivity contribution < 1.29 is 13.9 Å². The largest absolute Gasteiger partial charge is 0.445 e. The molecule has 0 spiro atoms. The van der Waals surface area contributed by atoms with Crippen molar-refractivity contribution in [2.45, 2.75) is 13.0 Å². The SMILES string of the molecule is O=C(NCCC#Cc1ccc(F)cc1)OCc1ccccc1. The topological polar surface area (TPSA) is 38.3 Å². The number of hydrogen-bond acceptors (Lipinski definition) is 2. The van der Waals surface area contributed by atoms with E-state index in [2.05, 4.69) is 17.2 Å². The van der Waals surface area contributed by atoms with Gasteiger partial charge in [-0.05, 0) is 29.8 Å². The molecule has 112 valence electrons. The smallest absolute Gasteiger partial charge is 0.407 e. The molecule has 4 heteroatoms. The summed E-state index contributed by atoms with van der Waals surface area (Å²) < 4.78 is 17.8. The van der Waals surface area contributed by atoms with E-state index in [0.29, 0.717) is 13.0 Å². The fourth-order valence-corrected chi connectivity index (χ4v) is 1.70. The minimum absolute atomic E-state index is 0.244. The molecular weight excluding hydrogens is 281 g/mol. The van der Waals surface area contributed by atoms with Gasteiger partial charge < -0.3 is 10.1 Å². The van der Waals surface area contributed by atoms with Crippen LogP contribution in [-0.4, -0.2) is 12.6 Å². The van der Waals surface area contributed by atoms with Gasteiger partial charge in [-0.1, -0.05) is 42.2 Å². The van der Waals surface area contributed by atoms with E-state index in [1.165, 1.54) is 12.1 Å². The van der Waals surface area contributed by atoms with Crippen molar-refractivity contribution in [2.75, 3.05) is 6.54 Å². The summed E-state index contributed by atoms with van der Waals surface area (Å²) in [4.78, 5) is 11.5. The predicted molar refractivity (Wildman–Crippen MR) is 82.5 cm³/mol. The van der Waals surface area contributed by atoms with E-state index in [9.17, 15) is 9.18 Å². The molecule has 3 nitrogen and oxygen atoms in total. The van der Waals surface area contributed by atoms with E-state index in [1.54, 1.807) is 12.1 Å². The molecule has 0 bridgehead atoms. The van der Waals surface area contributed by atoms with E-state index < -0.39 is 6.09 Å². The van der Waals surface area contributed by atoms with Gasteiger partial charge in [-0.2, -0.15) is 0 Å². The quantitative estimate of drug-likeness (QED) is 0.693. The average molecular weight is 297 g/mol. The van der Waals surface area contributed by atoms with Crippen LogP contribution >= 0.6 is 0 Å². The number of hydrogen-bond donors (Lipinski definition) is 1. The fraction of sp³-hybridized carbons (Fsp3) is 0.167. The lowest BCUT2D eigenvalue weighted by Crippen LogP contribution is -2.24. The molecule has 0 fully saturated rings. The van der Waals surface area contributed by atoms with Crippen molar-refractivity contribution in [1.82, 2.24) is 5.32 Å². The van der Waals surface area contributed by atoms with Crippen molar-refractivity contribution in [3.05, 3.63) is 71.5 Å². The van der Waals surface area contributed by atoms with Gasteiger partial charge in [0.15, 0.2) is 0 Å². The monoisotopic (exact) mass is 297 g/mol. The predicted octanol–water partition coefficient (Wildman–Crippen LogP) is 3.49. The Bertz CT molecular complexity index is 657. The van der Waals surface area contributed by atoms with Gasteiger partial charge >= 0.3 is 6.09 Å². The number of benzene rings is 2. The van der Waals surface area contributed by atoms with Crippen molar-refractivity contribution in [2.24, 2.45) is 0 Å². The number of ether oxygens (including phenoxy) is 1. The molecule has 0 unspecified atom stereocenters. The number of alkyl carbamates (subject to hydrolysis) is 1. The van der Waals surface area contributed by atoms with Crippen LogP contribution in [0, 0.1) is 17.7 Å². The first kappa shape index (κ1) is 15.6. The standard InChI is InChI=1S/C18H16FNO2/c19-17-11-9-15(10-12-17)6-4-5-13-20-18(21)22-14-16-7-2-1-3-8-16/h1-3,7-12H,5,13-14H2,(H,20,21). The van der Waals surface area contributed by atoms with E-state index in [-0.39, 0.29) is 12.4 Å². The molecule has 0 saturated carbocycles. The van der Waals surface area contributed by atoms with Gasteiger partial charge in [-0.25, -0.2) is 9.18 Å². The highest BCUT2D eigenvalue weighted by atomic mass is 19.1. The molecule has 0 heterocycles. The molecule has 0 aromatic heterocycles. The first-order valence-corrected chi connectivity index (χ1v) is 6.93. The number of nitrogens with one attached hydrogen (secondary N) is 1. The Morgan fingerprint density at radius 1 is 1.09 bits per heavy atom. The number of rotatable bonds is 4. The van der Waals surface area contributed by atoms with Gasteiger partial charge in [0, 0.05) is 18.5 Å². The van der Waals surface area contributed by atoms with Gasteiger partial charge in [0.2, 0.25) is 0 Å². The van der Waals surface area contributed by atoms with Gasteiger partial charge in [-0.15, -0.1) is 0 Å². The Morgan fingerprint density at radius 3 is 2.55 bits per heavy atom. The van der Waals surface area contributed by atoms with Gasteiger partial charge in [0.1, 0.15) is 12.4 Å². The summed E-state index contributed by atoms with van der Waals surface area (Å²) in [7, 11) is 0. The Balaban J connectivity index is 1.64. The third-order valence-corrected chi connectivity index (χ3v) is 2.81. The Kier molecular flexibility index (Phi) is 6.01. The summed E-state index contributed by atoms with van der Waals surface area (Å²) in [6.07, 6.45) is 0.0325. The molecule has 0 aliphatic carbocycles. The van der Waals surface area contributed by atoms with Gasteiger partial charge in [0.25, 0.3) is 0 Å². The molecule has 0 saturated heterocycles. The Hall–Kier alpha value is -2.80. The van der Waals surface area contributed by atoms with E-state index >= 15 is 0 Å². The summed E-state index contributed by atoms with van der Waals surface area (Å²) in [6, 6.07) is 15.4. The lowest BCUT2D eigenvalue weighted by Gasteiger charge is -2.05. The molecule has 0 atom stereocenters. The third-order valence-electron chi connectivity index (χ3n) is 2.81. The molecule has 1 amide bonds. The highest BCUT2D eigenvalue weighted by molar-refractivity contribution is 5.67. The molecular formula is C18H16FNO2.